The van der Waals surface area contributed by atoms with Gasteiger partial charge in [-0.2, -0.15) is 0 Å². The van der Waals surface area contributed by atoms with Crippen LogP contribution in [0.4, 0.5) is 0 Å². The minimum Gasteiger partial charge on any atom is -0.480 e. The van der Waals surface area contributed by atoms with Gasteiger partial charge < -0.3 is 9.85 Å². The second-order valence-corrected chi connectivity index (χ2v) is 5.90. The van der Waals surface area contributed by atoms with E-state index in [0.717, 1.165) is 12.8 Å². The molecule has 0 bridgehead atoms. The van der Waals surface area contributed by atoms with E-state index < -0.39 is 5.97 Å². The summed E-state index contributed by atoms with van der Waals surface area (Å²) in [5.74, 6) is -0.639. The Labute approximate surface area is 99.1 Å². The highest BCUT2D eigenvalue weighted by atomic mass is 16.5. The first-order chi connectivity index (χ1) is 7.69. The van der Waals surface area contributed by atoms with Crippen molar-refractivity contribution in [3.05, 3.63) is 0 Å². The molecule has 0 aromatic heterocycles. The van der Waals surface area contributed by atoms with Crippen molar-refractivity contribution in [3.8, 4) is 0 Å². The molecule has 0 aromatic rings. The molecule has 0 saturated carbocycles. The van der Waals surface area contributed by atoms with E-state index in [1.54, 1.807) is 0 Å². The van der Waals surface area contributed by atoms with Crippen molar-refractivity contribution in [1.82, 2.24) is 4.90 Å². The van der Waals surface area contributed by atoms with Gasteiger partial charge in [0.1, 0.15) is 6.61 Å². The number of carbonyl (C=O) groups is 1. The lowest BCUT2D eigenvalue weighted by molar-refractivity contribution is -0.150. The molecule has 1 aliphatic heterocycles. The number of hydrogen-bond donors (Lipinski definition) is 1. The molecule has 1 aliphatic rings. The third-order valence-electron chi connectivity index (χ3n) is 3.71. The smallest absolute Gasteiger partial charge is 0.329 e. The molecule has 0 spiro atoms. The van der Waals surface area contributed by atoms with E-state index in [4.69, 9.17) is 6.17 Å². The zero-order valence-corrected chi connectivity index (χ0v) is 10.9. The number of carboxylic acid groups (broad SMARTS) is 1. The summed E-state index contributed by atoms with van der Waals surface area (Å²) in [6.07, 6.45) is 1.78. The second-order valence-electron chi connectivity index (χ2n) is 5.90. The lowest BCUT2D eigenvalue weighted by Gasteiger charge is -2.53. The van der Waals surface area contributed by atoms with Crippen LogP contribution in [0.3, 0.4) is 0 Å². The minimum atomic E-state index is -0.639. The third kappa shape index (κ3) is 2.95. The zero-order chi connectivity index (χ0) is 13.3. The molecular formula is C12H23NO3. The van der Waals surface area contributed by atoms with Crippen molar-refractivity contribution in [2.45, 2.75) is 57.7 Å². The van der Waals surface area contributed by atoms with Crippen LogP contribution >= 0.6 is 0 Å². The van der Waals surface area contributed by atoms with Crippen molar-refractivity contribution < 1.29 is 14.6 Å². The van der Waals surface area contributed by atoms with Crippen LogP contribution in [0.1, 0.15) is 40.5 Å². The van der Waals surface area contributed by atoms with Gasteiger partial charge in [0.2, 0.25) is 0 Å². The molecule has 1 N–H and O–H groups in total. The van der Waals surface area contributed by atoms with Crippen LogP contribution in [-0.4, -0.2) is 46.8 Å². The van der Waals surface area contributed by atoms with E-state index in [2.05, 4.69) is 44.8 Å². The summed E-state index contributed by atoms with van der Waals surface area (Å²) < 4.78 is 12.0. The summed E-state index contributed by atoms with van der Waals surface area (Å²) in [6, 6.07) is 0. The Bertz CT molecular complexity index is 273. The number of rotatable bonds is 3. The van der Waals surface area contributed by atoms with Gasteiger partial charge in [0.05, 0.1) is 6.10 Å². The molecule has 0 aliphatic carbocycles. The molecule has 94 valence electrons. The number of aliphatic carboxylic acids is 1. The molecule has 16 heavy (non-hydrogen) atoms. The Kier molecular flexibility index (Phi) is 3.22. The average molecular weight is 231 g/mol. The van der Waals surface area contributed by atoms with Gasteiger partial charge in [-0.25, -0.2) is 4.79 Å². The molecule has 0 unspecified atom stereocenters. The van der Waals surface area contributed by atoms with Crippen molar-refractivity contribution >= 4 is 5.97 Å². The standard InChI is InChI=1S/C12H23NO3/c1-11(2)6-9(16-8-10(14)15)7-12(3,4)13(11)5/h9H,6-8H2,1-5H3,(H,14,15)/i/hT. The van der Waals surface area contributed by atoms with Crippen LogP contribution in [0, 0.1) is 0 Å². The Balaban J connectivity index is 2.62. The van der Waals surface area contributed by atoms with Crippen molar-refractivity contribution in [1.29, 1.82) is 1.43 Å². The number of hydrogen-bond acceptors (Lipinski definition) is 4. The third-order valence-corrected chi connectivity index (χ3v) is 3.71. The number of carboxylic acids is 1. The lowest BCUT2D eigenvalue weighted by atomic mass is 9.79. The van der Waals surface area contributed by atoms with Gasteiger partial charge in [-0.15, -0.1) is 0 Å². The summed E-state index contributed by atoms with van der Waals surface area (Å²) >= 11 is 0. The molecule has 0 radical (unpaired) electrons. The first-order valence-electron chi connectivity index (χ1n) is 6.11. The fourth-order valence-electron chi connectivity index (χ4n) is 2.58. The van der Waals surface area contributed by atoms with Gasteiger partial charge in [-0.3, -0.25) is 4.90 Å². The number of piperidine rings is 1. The highest BCUT2D eigenvalue weighted by Crippen LogP contribution is 2.37. The predicted molar refractivity (Wildman–Crippen MR) is 62.5 cm³/mol. The maximum absolute atomic E-state index is 10.9. The van der Waals surface area contributed by atoms with Gasteiger partial charge in [0, 0.05) is 11.1 Å². The summed E-state index contributed by atoms with van der Waals surface area (Å²) in [7, 11) is 2.12. The predicted octanol–water partition coefficient (Wildman–Crippen LogP) is 1.74. The molecule has 1 heterocycles. The van der Waals surface area contributed by atoms with Crippen LogP contribution < -0.4 is 0 Å². The van der Waals surface area contributed by atoms with Crippen molar-refractivity contribution in [2.24, 2.45) is 0 Å². The zero-order valence-electron chi connectivity index (χ0n) is 11.9. The summed E-state index contributed by atoms with van der Waals surface area (Å²) in [6.45, 7) is 8.56. The maximum Gasteiger partial charge on any atom is 0.329 e. The van der Waals surface area contributed by atoms with E-state index in [0.29, 0.717) is 0 Å². The molecule has 4 heteroatoms. The molecule has 0 atom stereocenters. The van der Waals surface area contributed by atoms with E-state index in [1.165, 1.54) is 0 Å². The molecule has 0 amide bonds. The van der Waals surface area contributed by atoms with Crippen LogP contribution in [0.25, 0.3) is 1.43 Å². The van der Waals surface area contributed by atoms with Gasteiger partial charge in [0.15, 0.2) is 0 Å². The first kappa shape index (κ1) is 11.9. The lowest BCUT2D eigenvalue weighted by Crippen LogP contribution is -2.60. The Morgan fingerprint density at radius 2 is 1.94 bits per heavy atom. The van der Waals surface area contributed by atoms with Gasteiger partial charge in [-0.05, 0) is 47.6 Å². The second kappa shape index (κ2) is 4.34. The normalized spacial score (nSPS) is 26.2. The molecule has 1 rings (SSSR count). The van der Waals surface area contributed by atoms with Gasteiger partial charge in [-0.1, -0.05) is 0 Å². The highest BCUT2D eigenvalue weighted by Gasteiger charge is 2.43. The van der Waals surface area contributed by atoms with Crippen molar-refractivity contribution in [3.63, 3.8) is 0 Å². The van der Waals surface area contributed by atoms with Crippen LogP contribution in [0.5, 0.6) is 0 Å². The number of ether oxygens (including phenoxy) is 1. The summed E-state index contributed by atoms with van der Waals surface area (Å²) in [4.78, 5) is 13.2. The highest BCUT2D eigenvalue weighted by molar-refractivity contribution is 5.68. The van der Waals surface area contributed by atoms with E-state index >= 15 is 0 Å². The van der Waals surface area contributed by atoms with Crippen molar-refractivity contribution in [2.75, 3.05) is 13.7 Å². The van der Waals surface area contributed by atoms with E-state index in [1.807, 2.05) is 0 Å². The fourth-order valence-corrected chi connectivity index (χ4v) is 2.58. The number of nitrogens with zero attached hydrogens (tertiary/aromatic N) is 1. The van der Waals surface area contributed by atoms with Crippen LogP contribution in [-0.2, 0) is 9.53 Å². The minimum absolute atomic E-state index is 0.0373. The molecule has 1 fully saturated rings. The van der Waals surface area contributed by atoms with Gasteiger partial charge >= 0.3 is 5.97 Å². The molecule has 0 aromatic carbocycles. The molecule has 1 saturated heterocycles. The average Bonchev–Trinajstić information content (AvgIpc) is 2.21. The molecular weight excluding hydrogens is 206 g/mol. The number of likely N-dealkylation sites (tertiary alicyclic amines) is 1. The monoisotopic (exact) mass is 231 g/mol. The van der Waals surface area contributed by atoms with E-state index in [-0.39, 0.29) is 23.8 Å². The Morgan fingerprint density at radius 1 is 1.44 bits per heavy atom. The van der Waals surface area contributed by atoms with Crippen LogP contribution in [0.15, 0.2) is 0 Å². The first-order valence-corrected chi connectivity index (χ1v) is 5.70. The Morgan fingerprint density at radius 3 is 2.38 bits per heavy atom. The van der Waals surface area contributed by atoms with E-state index in [9.17, 15) is 4.79 Å². The SMILES string of the molecule is [3H]OC(=O)COC1CC(C)(C)N(C)C(C)(C)C1. The quantitative estimate of drug-likeness (QED) is 0.803. The van der Waals surface area contributed by atoms with Crippen LogP contribution in [0.2, 0.25) is 0 Å². The Hall–Kier alpha value is -0.610. The largest absolute Gasteiger partial charge is 0.480 e. The summed E-state index contributed by atoms with van der Waals surface area (Å²) in [5, 5.41) is 3.84. The molecule has 4 nitrogen and oxygen atoms in total. The topological polar surface area (TPSA) is 49.8 Å². The van der Waals surface area contributed by atoms with Gasteiger partial charge in [0.25, 0.3) is 1.43 Å². The summed E-state index contributed by atoms with van der Waals surface area (Å²) in [5.41, 5.74) is 0.0779. The maximum atomic E-state index is 10.9. The fraction of sp³-hybridized carbons (Fsp3) is 0.917.